The number of piperidine rings is 1. The fraction of sp³-hybridized carbons (Fsp3) is 0.321. The van der Waals surface area contributed by atoms with Gasteiger partial charge in [0.2, 0.25) is 15.9 Å². The maximum Gasteiger partial charge on any atom is 0.248 e. The Kier molecular flexibility index (Phi) is 8.85. The van der Waals surface area contributed by atoms with Gasteiger partial charge in [0.05, 0.1) is 18.3 Å². The molecule has 0 radical (unpaired) electrons. The quantitative estimate of drug-likeness (QED) is 0.409. The summed E-state index contributed by atoms with van der Waals surface area (Å²) in [5.41, 5.74) is 4.84. The van der Waals surface area contributed by atoms with Gasteiger partial charge in [0.25, 0.3) is 0 Å². The Labute approximate surface area is 212 Å². The molecule has 0 aromatic heterocycles. The Morgan fingerprint density at radius 2 is 1.50 bits per heavy atom. The van der Waals surface area contributed by atoms with Crippen LogP contribution in [0.3, 0.4) is 0 Å². The number of nitrogens with one attached hydrogen (secondary N) is 1. The van der Waals surface area contributed by atoms with Gasteiger partial charge in [-0.25, -0.2) is 22.6 Å². The Morgan fingerprint density at radius 1 is 0.917 bits per heavy atom. The van der Waals surface area contributed by atoms with Crippen molar-refractivity contribution in [3.8, 4) is 0 Å². The molecule has 8 heteroatoms. The molecule has 3 aromatic carbocycles. The fourth-order valence-electron chi connectivity index (χ4n) is 4.58. The molecular formula is C28H31FN2O4S. The Balaban J connectivity index is 1.40. The number of sulfonamides is 1. The highest BCUT2D eigenvalue weighted by molar-refractivity contribution is 7.89. The lowest BCUT2D eigenvalue weighted by atomic mass is 9.90. The Morgan fingerprint density at radius 3 is 2.14 bits per heavy atom. The third kappa shape index (κ3) is 7.00. The summed E-state index contributed by atoms with van der Waals surface area (Å²) in [5, 5.41) is 0. The number of nitrogens with zero attached hydrogens (tertiary/aromatic N) is 1. The largest absolute Gasteiger partial charge is 0.272 e. The minimum atomic E-state index is -3.72. The van der Waals surface area contributed by atoms with Crippen molar-refractivity contribution in [3.05, 3.63) is 107 Å². The molecule has 1 aliphatic heterocycles. The van der Waals surface area contributed by atoms with Crippen LogP contribution in [0.15, 0.2) is 84.9 Å². The number of hydrogen-bond acceptors (Lipinski definition) is 4. The first-order valence-electron chi connectivity index (χ1n) is 12.1. The highest BCUT2D eigenvalue weighted by Gasteiger charge is 2.33. The number of amides is 1. The van der Waals surface area contributed by atoms with Gasteiger partial charge in [-0.2, -0.15) is 0 Å². The molecular weight excluding hydrogens is 479 g/mol. The Bertz CT molecular complexity index is 1230. The summed E-state index contributed by atoms with van der Waals surface area (Å²) in [6.45, 7) is 0.776. The van der Waals surface area contributed by atoms with Gasteiger partial charge in [0.15, 0.2) is 0 Å². The van der Waals surface area contributed by atoms with E-state index in [0.717, 1.165) is 11.1 Å². The van der Waals surface area contributed by atoms with Crippen molar-refractivity contribution in [2.45, 2.75) is 31.8 Å². The van der Waals surface area contributed by atoms with Crippen LogP contribution in [0.1, 0.15) is 35.4 Å². The van der Waals surface area contributed by atoms with Gasteiger partial charge in [0.1, 0.15) is 5.82 Å². The van der Waals surface area contributed by atoms with Crippen LogP contribution in [-0.2, 0) is 32.7 Å². The Hall–Kier alpha value is -3.07. The molecule has 36 heavy (non-hydrogen) atoms. The highest BCUT2D eigenvalue weighted by Crippen LogP contribution is 2.31. The van der Waals surface area contributed by atoms with Crippen molar-refractivity contribution in [2.24, 2.45) is 5.92 Å². The maximum absolute atomic E-state index is 14.2. The second kappa shape index (κ2) is 12.3. The van der Waals surface area contributed by atoms with Crippen molar-refractivity contribution in [1.82, 2.24) is 9.79 Å². The van der Waals surface area contributed by atoms with E-state index in [1.54, 1.807) is 18.2 Å². The molecule has 4 rings (SSSR count). The second-order valence-corrected chi connectivity index (χ2v) is 11.1. The fourth-order valence-corrected chi connectivity index (χ4v) is 6.34. The van der Waals surface area contributed by atoms with E-state index < -0.39 is 21.8 Å². The van der Waals surface area contributed by atoms with Crippen molar-refractivity contribution in [3.63, 3.8) is 0 Å². The van der Waals surface area contributed by atoms with Gasteiger partial charge in [-0.1, -0.05) is 78.9 Å². The lowest BCUT2D eigenvalue weighted by Crippen LogP contribution is -2.44. The summed E-state index contributed by atoms with van der Waals surface area (Å²) in [7, 11) is -3.72. The molecule has 1 unspecified atom stereocenters. The van der Waals surface area contributed by atoms with Crippen LogP contribution in [0.5, 0.6) is 0 Å². The van der Waals surface area contributed by atoms with Crippen LogP contribution in [0, 0.1) is 11.7 Å². The molecule has 1 fully saturated rings. The van der Waals surface area contributed by atoms with Crippen molar-refractivity contribution < 1.29 is 22.4 Å². The number of carbonyl (C=O) groups is 1. The van der Waals surface area contributed by atoms with Crippen molar-refractivity contribution in [2.75, 3.05) is 18.8 Å². The predicted octanol–water partition coefficient (Wildman–Crippen LogP) is 4.44. The second-order valence-electron chi connectivity index (χ2n) is 9.10. The first kappa shape index (κ1) is 26.0. The van der Waals surface area contributed by atoms with Gasteiger partial charge in [0, 0.05) is 13.1 Å². The topological polar surface area (TPSA) is 75.7 Å². The number of halogens is 1. The zero-order chi connectivity index (χ0) is 25.4. The first-order valence-corrected chi connectivity index (χ1v) is 13.7. The standard InChI is InChI=1S/C28H31FN2O4S/c29-27-14-8-7-13-26(27)24-15-17-31(18-16-24)36(33,34)21-25(19-22-9-3-1-4-10-22)28(32)30-35-20-23-11-5-2-6-12-23/h1-14,24-25H,15-21H2,(H,30,32). The summed E-state index contributed by atoms with van der Waals surface area (Å²) in [4.78, 5) is 18.4. The molecule has 0 spiro atoms. The van der Waals surface area contributed by atoms with E-state index in [1.807, 2.05) is 60.7 Å². The lowest BCUT2D eigenvalue weighted by molar-refractivity contribution is -0.138. The SMILES string of the molecule is O=C(NOCc1ccccc1)C(Cc1ccccc1)CS(=O)(=O)N1CCC(c2ccccc2F)CC1. The molecule has 1 heterocycles. The van der Waals surface area contributed by atoms with E-state index >= 15 is 0 Å². The summed E-state index contributed by atoms with van der Waals surface area (Å²) in [6, 6.07) is 25.4. The number of carbonyl (C=O) groups excluding carboxylic acids is 1. The van der Waals surface area contributed by atoms with Crippen LogP contribution in [0.25, 0.3) is 0 Å². The summed E-state index contributed by atoms with van der Waals surface area (Å²) in [6.07, 6.45) is 1.35. The molecule has 190 valence electrons. The molecule has 1 atom stereocenters. The zero-order valence-corrected chi connectivity index (χ0v) is 20.9. The van der Waals surface area contributed by atoms with E-state index in [1.165, 1.54) is 10.4 Å². The summed E-state index contributed by atoms with van der Waals surface area (Å²) < 4.78 is 42.3. The number of benzene rings is 3. The van der Waals surface area contributed by atoms with Gasteiger partial charge >= 0.3 is 0 Å². The molecule has 1 saturated heterocycles. The van der Waals surface area contributed by atoms with Crippen LogP contribution in [0.2, 0.25) is 0 Å². The van der Waals surface area contributed by atoms with E-state index in [9.17, 15) is 17.6 Å². The monoisotopic (exact) mass is 510 g/mol. The minimum Gasteiger partial charge on any atom is -0.272 e. The van der Waals surface area contributed by atoms with Crippen molar-refractivity contribution in [1.29, 1.82) is 0 Å². The van der Waals surface area contributed by atoms with Crippen molar-refractivity contribution >= 4 is 15.9 Å². The minimum absolute atomic E-state index is 0.0209. The van der Waals surface area contributed by atoms with Gasteiger partial charge in [-0.05, 0) is 47.9 Å². The van der Waals surface area contributed by atoms with Crippen LogP contribution in [-0.4, -0.2) is 37.5 Å². The molecule has 1 aliphatic rings. The molecule has 1 N–H and O–H groups in total. The number of hydroxylamine groups is 1. The average Bonchev–Trinajstić information content (AvgIpc) is 2.90. The molecule has 0 saturated carbocycles. The smallest absolute Gasteiger partial charge is 0.248 e. The lowest BCUT2D eigenvalue weighted by Gasteiger charge is -2.32. The van der Waals surface area contributed by atoms with Crippen LogP contribution < -0.4 is 5.48 Å². The molecule has 1 amide bonds. The molecule has 6 nitrogen and oxygen atoms in total. The number of rotatable bonds is 10. The number of hydrogen-bond donors (Lipinski definition) is 1. The highest BCUT2D eigenvalue weighted by atomic mass is 32.2. The maximum atomic E-state index is 14.2. The molecule has 0 bridgehead atoms. The van der Waals surface area contributed by atoms with Gasteiger partial charge < -0.3 is 0 Å². The van der Waals surface area contributed by atoms with E-state index in [-0.39, 0.29) is 30.5 Å². The van der Waals surface area contributed by atoms with E-state index in [2.05, 4.69) is 5.48 Å². The summed E-state index contributed by atoms with van der Waals surface area (Å²) >= 11 is 0. The van der Waals surface area contributed by atoms with Crippen LogP contribution >= 0.6 is 0 Å². The first-order chi connectivity index (χ1) is 17.4. The third-order valence-corrected chi connectivity index (χ3v) is 8.53. The van der Waals surface area contributed by atoms with Gasteiger partial charge in [-0.3, -0.25) is 9.63 Å². The normalized spacial score (nSPS) is 15.9. The van der Waals surface area contributed by atoms with Gasteiger partial charge in [-0.15, -0.1) is 0 Å². The van der Waals surface area contributed by atoms with E-state index in [4.69, 9.17) is 4.84 Å². The summed E-state index contributed by atoms with van der Waals surface area (Å²) in [5.74, 6) is -1.90. The zero-order valence-electron chi connectivity index (χ0n) is 20.1. The van der Waals surface area contributed by atoms with E-state index in [0.29, 0.717) is 31.5 Å². The average molecular weight is 511 g/mol. The molecule has 0 aliphatic carbocycles. The molecule has 3 aromatic rings. The predicted molar refractivity (Wildman–Crippen MR) is 137 cm³/mol. The third-order valence-electron chi connectivity index (χ3n) is 6.55. The van der Waals surface area contributed by atoms with Crippen LogP contribution in [0.4, 0.5) is 4.39 Å².